The third kappa shape index (κ3) is 25.4. The summed E-state index contributed by atoms with van der Waals surface area (Å²) in [5.41, 5.74) is 2.58. The summed E-state index contributed by atoms with van der Waals surface area (Å²) in [6.07, 6.45) is 1.06. The number of benzene rings is 1. The summed E-state index contributed by atoms with van der Waals surface area (Å²) >= 11 is 0. The molecule has 186 valence electrons. The molecule has 0 fully saturated rings. The van der Waals surface area contributed by atoms with Crippen LogP contribution in [0.3, 0.4) is 0 Å². The molecule has 0 aliphatic carbocycles. The maximum absolute atomic E-state index is 10.3. The zero-order valence-electron chi connectivity index (χ0n) is 21.1. The van der Waals surface area contributed by atoms with Gasteiger partial charge in [0.2, 0.25) is 0 Å². The van der Waals surface area contributed by atoms with Crippen LogP contribution in [0.2, 0.25) is 0 Å². The van der Waals surface area contributed by atoms with Gasteiger partial charge in [0, 0.05) is 13.8 Å². The molecule has 32 heavy (non-hydrogen) atoms. The first-order chi connectivity index (χ1) is 15.0. The SMILES string of the molecule is CCCCOC(C)=O.CCOC(=O)C(C)O.CCOC(C)=O.COc1ccc(C)c(C)c1. The van der Waals surface area contributed by atoms with E-state index >= 15 is 0 Å². The molecule has 8 heteroatoms. The summed E-state index contributed by atoms with van der Waals surface area (Å²) in [4.78, 5) is 30.2. The number of esters is 3. The van der Waals surface area contributed by atoms with Crippen LogP contribution in [0.25, 0.3) is 0 Å². The molecular formula is C24H42O8. The summed E-state index contributed by atoms with van der Waals surface area (Å²) in [5, 5.41) is 8.48. The van der Waals surface area contributed by atoms with Crippen molar-refractivity contribution in [2.45, 2.75) is 74.3 Å². The average molecular weight is 459 g/mol. The zero-order valence-corrected chi connectivity index (χ0v) is 21.1. The van der Waals surface area contributed by atoms with Crippen LogP contribution in [0.4, 0.5) is 0 Å². The number of aliphatic hydroxyl groups is 1. The van der Waals surface area contributed by atoms with Crippen molar-refractivity contribution in [2.24, 2.45) is 0 Å². The second kappa shape index (κ2) is 23.1. The number of aliphatic hydroxyl groups excluding tert-OH is 1. The summed E-state index contributed by atoms with van der Waals surface area (Å²) in [5.74, 6) is -0.0217. The number of aryl methyl sites for hydroxylation is 2. The fourth-order valence-electron chi connectivity index (χ4n) is 1.67. The predicted molar refractivity (Wildman–Crippen MR) is 125 cm³/mol. The van der Waals surface area contributed by atoms with Gasteiger partial charge in [-0.15, -0.1) is 0 Å². The van der Waals surface area contributed by atoms with E-state index in [-0.39, 0.29) is 11.9 Å². The van der Waals surface area contributed by atoms with Crippen LogP contribution < -0.4 is 4.74 Å². The molecule has 0 saturated carbocycles. The molecule has 0 spiro atoms. The Bertz CT molecular complexity index is 626. The van der Waals surface area contributed by atoms with Gasteiger partial charge in [0.15, 0.2) is 0 Å². The number of ether oxygens (including phenoxy) is 4. The smallest absolute Gasteiger partial charge is 0.334 e. The van der Waals surface area contributed by atoms with Crippen molar-refractivity contribution < 1.29 is 38.4 Å². The van der Waals surface area contributed by atoms with E-state index < -0.39 is 12.1 Å². The van der Waals surface area contributed by atoms with Gasteiger partial charge in [0.05, 0.1) is 26.9 Å². The van der Waals surface area contributed by atoms with Gasteiger partial charge in [0.25, 0.3) is 0 Å². The van der Waals surface area contributed by atoms with E-state index in [1.165, 1.54) is 31.9 Å². The minimum atomic E-state index is -0.991. The van der Waals surface area contributed by atoms with Crippen molar-refractivity contribution in [1.29, 1.82) is 0 Å². The summed E-state index contributed by atoms with van der Waals surface area (Å²) < 4.78 is 18.5. The molecule has 0 aromatic heterocycles. The lowest BCUT2D eigenvalue weighted by Crippen LogP contribution is -2.18. The van der Waals surface area contributed by atoms with Crippen LogP contribution >= 0.6 is 0 Å². The van der Waals surface area contributed by atoms with E-state index in [1.54, 1.807) is 21.0 Å². The van der Waals surface area contributed by atoms with Crippen molar-refractivity contribution in [3.8, 4) is 5.75 Å². The lowest BCUT2D eigenvalue weighted by Gasteiger charge is -2.02. The minimum absolute atomic E-state index is 0.182. The van der Waals surface area contributed by atoms with Crippen LogP contribution in [0, 0.1) is 13.8 Å². The van der Waals surface area contributed by atoms with Gasteiger partial charge in [-0.3, -0.25) is 9.59 Å². The normalized spacial score (nSPS) is 9.81. The summed E-state index contributed by atoms with van der Waals surface area (Å²) in [7, 11) is 1.68. The molecule has 1 N–H and O–H groups in total. The van der Waals surface area contributed by atoms with Gasteiger partial charge in [0.1, 0.15) is 11.9 Å². The van der Waals surface area contributed by atoms with Crippen molar-refractivity contribution in [3.05, 3.63) is 29.3 Å². The Kier molecular flexibility index (Phi) is 24.5. The molecule has 1 aromatic carbocycles. The van der Waals surface area contributed by atoms with Gasteiger partial charge in [-0.2, -0.15) is 0 Å². The number of rotatable bonds is 7. The average Bonchev–Trinajstić information content (AvgIpc) is 2.71. The zero-order chi connectivity index (χ0) is 25.5. The molecule has 1 unspecified atom stereocenters. The Hall–Kier alpha value is -2.61. The van der Waals surface area contributed by atoms with Gasteiger partial charge < -0.3 is 24.1 Å². The lowest BCUT2D eigenvalue weighted by atomic mass is 10.1. The molecule has 0 amide bonds. The van der Waals surface area contributed by atoms with Crippen LogP contribution in [0.1, 0.15) is 65.5 Å². The Balaban J connectivity index is -0.000000357. The van der Waals surface area contributed by atoms with E-state index in [1.807, 2.05) is 12.1 Å². The Labute approximate surface area is 193 Å². The molecule has 1 aromatic rings. The molecule has 1 rings (SSSR count). The molecule has 0 aliphatic heterocycles. The molecule has 1 atom stereocenters. The van der Waals surface area contributed by atoms with E-state index in [0.717, 1.165) is 18.6 Å². The highest BCUT2D eigenvalue weighted by Gasteiger charge is 2.07. The lowest BCUT2D eigenvalue weighted by molar-refractivity contribution is -0.152. The predicted octanol–water partition coefficient (Wildman–Crippen LogP) is 4.16. The third-order valence-corrected chi connectivity index (χ3v) is 3.49. The van der Waals surface area contributed by atoms with Crippen LogP contribution in [0.15, 0.2) is 18.2 Å². The van der Waals surface area contributed by atoms with Gasteiger partial charge in [-0.05, 0) is 64.3 Å². The molecule has 0 heterocycles. The summed E-state index contributed by atoms with van der Waals surface area (Å²) in [6.45, 7) is 15.3. The first kappa shape index (κ1) is 34.0. The fraction of sp³-hybridized carbons (Fsp3) is 0.625. The molecule has 0 bridgehead atoms. The van der Waals surface area contributed by atoms with Gasteiger partial charge in [-0.1, -0.05) is 19.4 Å². The number of carbonyl (C=O) groups excluding carboxylic acids is 3. The quantitative estimate of drug-likeness (QED) is 0.369. The van der Waals surface area contributed by atoms with Crippen LogP contribution in [-0.4, -0.2) is 56.0 Å². The van der Waals surface area contributed by atoms with Crippen molar-refractivity contribution in [3.63, 3.8) is 0 Å². The van der Waals surface area contributed by atoms with Gasteiger partial charge >= 0.3 is 17.9 Å². The van der Waals surface area contributed by atoms with E-state index in [0.29, 0.717) is 19.8 Å². The molecular weight excluding hydrogens is 416 g/mol. The number of methoxy groups -OCH3 is 1. The van der Waals surface area contributed by atoms with E-state index in [9.17, 15) is 14.4 Å². The first-order valence-electron chi connectivity index (χ1n) is 10.7. The van der Waals surface area contributed by atoms with E-state index in [4.69, 9.17) is 9.84 Å². The second-order valence-corrected chi connectivity index (χ2v) is 6.50. The standard InChI is InChI=1S/C9H12O.C6H12O2.C5H10O3.C4H8O2/c1-7-4-5-9(10-3)6-8(7)2;1-3-4-5-8-6(2)7;1-3-8-5(7)4(2)6;1-3-6-4(2)5/h4-6H,1-3H3;3-5H2,1-2H3;4,6H,3H2,1-2H3;3H2,1-2H3. The number of unbranched alkanes of at least 4 members (excludes halogenated alkanes) is 1. The van der Waals surface area contributed by atoms with Crippen molar-refractivity contribution in [2.75, 3.05) is 26.9 Å². The molecule has 0 aliphatic rings. The van der Waals surface area contributed by atoms with Crippen molar-refractivity contribution >= 4 is 17.9 Å². The maximum Gasteiger partial charge on any atom is 0.334 e. The third-order valence-electron chi connectivity index (χ3n) is 3.49. The van der Waals surface area contributed by atoms with Crippen molar-refractivity contribution in [1.82, 2.24) is 0 Å². The number of hydrogen-bond donors (Lipinski definition) is 1. The van der Waals surface area contributed by atoms with Crippen LogP contribution in [-0.2, 0) is 28.6 Å². The molecule has 0 saturated heterocycles. The number of carbonyl (C=O) groups is 3. The highest BCUT2D eigenvalue weighted by Crippen LogP contribution is 2.15. The topological polar surface area (TPSA) is 108 Å². The summed E-state index contributed by atoms with van der Waals surface area (Å²) in [6, 6.07) is 6.08. The van der Waals surface area contributed by atoms with Crippen LogP contribution in [0.5, 0.6) is 5.75 Å². The Morgan fingerprint density at radius 1 is 0.906 bits per heavy atom. The monoisotopic (exact) mass is 458 g/mol. The number of hydrogen-bond acceptors (Lipinski definition) is 8. The van der Waals surface area contributed by atoms with Gasteiger partial charge in [-0.25, -0.2) is 4.79 Å². The second-order valence-electron chi connectivity index (χ2n) is 6.50. The highest BCUT2D eigenvalue weighted by atomic mass is 16.5. The Morgan fingerprint density at radius 3 is 1.72 bits per heavy atom. The van der Waals surface area contributed by atoms with E-state index in [2.05, 4.69) is 41.0 Å². The maximum atomic E-state index is 10.3. The minimum Gasteiger partial charge on any atom is -0.497 e. The first-order valence-corrected chi connectivity index (χ1v) is 10.7. The molecule has 8 nitrogen and oxygen atoms in total. The highest BCUT2D eigenvalue weighted by molar-refractivity contribution is 5.73. The Morgan fingerprint density at radius 2 is 1.44 bits per heavy atom. The molecule has 0 radical (unpaired) electrons. The largest absolute Gasteiger partial charge is 0.497 e. The fourth-order valence-corrected chi connectivity index (χ4v) is 1.67.